The van der Waals surface area contributed by atoms with Crippen LogP contribution in [0.5, 0.6) is 0 Å². The lowest BCUT2D eigenvalue weighted by molar-refractivity contribution is -0.157. The van der Waals surface area contributed by atoms with Crippen LogP contribution in [-0.2, 0) is 14.4 Å². The summed E-state index contributed by atoms with van der Waals surface area (Å²) in [6.45, 7) is 5.51. The maximum Gasteiger partial charge on any atom is 0.327 e. The van der Waals surface area contributed by atoms with E-state index in [1.54, 1.807) is 25.6 Å². The fourth-order valence-corrected chi connectivity index (χ4v) is 10.0. The Morgan fingerprint density at radius 1 is 1.09 bits per heavy atom. The molecule has 2 aromatic rings. The number of carboxylic acids is 1. The Kier molecular flexibility index (Phi) is 4.91. The number of hydrogen-bond acceptors (Lipinski definition) is 6. The quantitative estimate of drug-likeness (QED) is 0.626. The number of H-pyrrole nitrogens is 1. The van der Waals surface area contributed by atoms with Crippen molar-refractivity contribution >= 4 is 40.9 Å². The molecule has 178 valence electrons. The molecule has 1 saturated heterocycles. The first-order valence-corrected chi connectivity index (χ1v) is 13.4. The number of fused-ring (bicyclic) bond motifs is 9. The van der Waals surface area contributed by atoms with Gasteiger partial charge in [0, 0.05) is 16.0 Å². The van der Waals surface area contributed by atoms with Crippen LogP contribution in [0.2, 0.25) is 0 Å². The zero-order chi connectivity index (χ0) is 24.0. The number of thioether (sulfide) groups is 1. The predicted octanol–water partition coefficient (Wildman–Crippen LogP) is 3.33. The Balaban J connectivity index is 1.44. The Morgan fingerprint density at radius 2 is 1.74 bits per heavy atom. The SMILES string of the molecule is Cc1ccc([C@H]2c3sc(=O)[nH]c3S[C@H]3[C@@H]4C[C@H]([C@H]5C(=O)N([C@H](C(=O)O)C(C)C)C(=O)[C@H]45)[C@H]23)cc1. The number of carbonyl (C=O) groups excluding carboxylic acids is 2. The topological polar surface area (TPSA) is 108 Å². The van der Waals surface area contributed by atoms with Crippen LogP contribution in [0.3, 0.4) is 0 Å². The van der Waals surface area contributed by atoms with Gasteiger partial charge in [0.05, 0.1) is 16.9 Å². The monoisotopic (exact) mass is 498 g/mol. The molecule has 2 amide bonds. The van der Waals surface area contributed by atoms with E-state index in [0.717, 1.165) is 32.4 Å². The smallest absolute Gasteiger partial charge is 0.327 e. The van der Waals surface area contributed by atoms with Gasteiger partial charge in [0.15, 0.2) is 0 Å². The number of imide groups is 1. The second-order valence-corrected chi connectivity index (χ2v) is 12.6. The molecule has 6 rings (SSSR count). The molecule has 9 heteroatoms. The van der Waals surface area contributed by atoms with Crippen molar-refractivity contribution in [2.45, 2.75) is 49.4 Å². The van der Waals surface area contributed by atoms with E-state index in [1.807, 2.05) is 6.92 Å². The number of aliphatic carboxylic acids is 1. The molecule has 1 aromatic heterocycles. The van der Waals surface area contributed by atoms with Crippen molar-refractivity contribution in [3.8, 4) is 0 Å². The predicted molar refractivity (Wildman–Crippen MR) is 128 cm³/mol. The van der Waals surface area contributed by atoms with Crippen molar-refractivity contribution < 1.29 is 19.5 Å². The normalized spacial score (nSPS) is 34.4. The molecule has 3 fully saturated rings. The van der Waals surface area contributed by atoms with Crippen molar-refractivity contribution in [3.05, 3.63) is 49.9 Å². The lowest BCUT2D eigenvalue weighted by Crippen LogP contribution is -2.49. The molecule has 7 nitrogen and oxygen atoms in total. The Hall–Kier alpha value is -2.39. The highest BCUT2D eigenvalue weighted by Gasteiger charge is 2.70. The summed E-state index contributed by atoms with van der Waals surface area (Å²) in [4.78, 5) is 56.5. The molecule has 4 aliphatic rings. The fourth-order valence-electron chi connectivity index (χ4n) is 7.15. The summed E-state index contributed by atoms with van der Waals surface area (Å²) in [6.07, 6.45) is 0.796. The van der Waals surface area contributed by atoms with Crippen LogP contribution in [-0.4, -0.2) is 44.1 Å². The number of benzene rings is 1. The number of carboxylic acid groups (broad SMARTS) is 1. The third-order valence-corrected chi connectivity index (χ3v) is 10.9. The number of aromatic amines is 1. The second kappa shape index (κ2) is 7.55. The van der Waals surface area contributed by atoms with Crippen LogP contribution in [0.15, 0.2) is 34.1 Å². The van der Waals surface area contributed by atoms with Crippen LogP contribution in [0.1, 0.15) is 42.2 Å². The number of aromatic nitrogens is 1. The summed E-state index contributed by atoms with van der Waals surface area (Å²) in [7, 11) is 0. The highest BCUT2D eigenvalue weighted by molar-refractivity contribution is 8.00. The molecule has 2 aliphatic carbocycles. The molecule has 2 saturated carbocycles. The largest absolute Gasteiger partial charge is 0.480 e. The summed E-state index contributed by atoms with van der Waals surface area (Å²) in [5, 5.41) is 10.8. The zero-order valence-electron chi connectivity index (χ0n) is 19.1. The van der Waals surface area contributed by atoms with Gasteiger partial charge in [0.2, 0.25) is 11.8 Å². The van der Waals surface area contributed by atoms with E-state index in [-0.39, 0.29) is 51.5 Å². The zero-order valence-corrected chi connectivity index (χ0v) is 20.7. The molecule has 34 heavy (non-hydrogen) atoms. The highest BCUT2D eigenvalue weighted by atomic mass is 32.2. The molecule has 0 spiro atoms. The summed E-state index contributed by atoms with van der Waals surface area (Å²) in [6, 6.07) is 7.23. The van der Waals surface area contributed by atoms with Crippen molar-refractivity contribution in [2.24, 2.45) is 35.5 Å². The average Bonchev–Trinajstić information content (AvgIpc) is 3.49. The van der Waals surface area contributed by atoms with Crippen molar-refractivity contribution in [3.63, 3.8) is 0 Å². The van der Waals surface area contributed by atoms with Gasteiger partial charge in [-0.2, -0.15) is 0 Å². The number of hydrogen-bond donors (Lipinski definition) is 2. The molecule has 3 heterocycles. The molecular weight excluding hydrogens is 472 g/mol. The third kappa shape index (κ3) is 2.89. The molecule has 8 atom stereocenters. The van der Waals surface area contributed by atoms with E-state index in [0.29, 0.717) is 0 Å². The lowest BCUT2D eigenvalue weighted by Gasteiger charge is -2.43. The van der Waals surface area contributed by atoms with Gasteiger partial charge >= 0.3 is 10.8 Å². The minimum atomic E-state index is -1.13. The molecular formula is C25H26N2O5S2. The highest BCUT2D eigenvalue weighted by Crippen LogP contribution is 2.68. The maximum absolute atomic E-state index is 13.6. The van der Waals surface area contributed by atoms with Crippen molar-refractivity contribution in [2.75, 3.05) is 0 Å². The number of amides is 2. The number of likely N-dealkylation sites (tertiary alicyclic amines) is 1. The summed E-state index contributed by atoms with van der Waals surface area (Å²) in [5.74, 6) is -2.96. The van der Waals surface area contributed by atoms with Gasteiger partial charge in [-0.1, -0.05) is 55.0 Å². The number of thiazole rings is 1. The number of aryl methyl sites for hydroxylation is 1. The summed E-state index contributed by atoms with van der Waals surface area (Å²) < 4.78 is 0. The van der Waals surface area contributed by atoms with Crippen LogP contribution in [0.4, 0.5) is 0 Å². The van der Waals surface area contributed by atoms with Gasteiger partial charge in [-0.3, -0.25) is 19.3 Å². The van der Waals surface area contributed by atoms with Gasteiger partial charge in [0.1, 0.15) is 6.04 Å². The maximum atomic E-state index is 13.6. The Labute approximate surface area is 204 Å². The van der Waals surface area contributed by atoms with E-state index in [1.165, 1.54) is 11.3 Å². The summed E-state index contributed by atoms with van der Waals surface area (Å²) >= 11 is 2.89. The first kappa shape index (κ1) is 22.1. The van der Waals surface area contributed by atoms with Crippen LogP contribution in [0, 0.1) is 42.4 Å². The van der Waals surface area contributed by atoms with Crippen molar-refractivity contribution in [1.29, 1.82) is 0 Å². The van der Waals surface area contributed by atoms with E-state index in [4.69, 9.17) is 0 Å². The third-order valence-electron chi connectivity index (χ3n) is 8.36. The summed E-state index contributed by atoms with van der Waals surface area (Å²) in [5.41, 5.74) is 2.28. The van der Waals surface area contributed by atoms with E-state index in [9.17, 15) is 24.3 Å². The first-order chi connectivity index (χ1) is 16.2. The van der Waals surface area contributed by atoms with Gasteiger partial charge in [-0.15, -0.1) is 11.8 Å². The molecule has 2 N–H and O–H groups in total. The van der Waals surface area contributed by atoms with Crippen LogP contribution < -0.4 is 4.87 Å². The second-order valence-electron chi connectivity index (χ2n) is 10.4. The molecule has 0 radical (unpaired) electrons. The average molecular weight is 499 g/mol. The number of rotatable bonds is 4. The number of carbonyl (C=O) groups is 3. The van der Waals surface area contributed by atoms with Crippen LogP contribution in [0.25, 0.3) is 0 Å². The molecule has 0 unspecified atom stereocenters. The number of nitrogens with one attached hydrogen (secondary N) is 1. The molecule has 2 bridgehead atoms. The number of nitrogens with zero attached hydrogens (tertiary/aromatic N) is 1. The Bertz CT molecular complexity index is 1260. The standard InChI is InChI=1S/C25H26N2O5S2/c1-9(2)18(24(30)31)27-22(28)16-12-8-13(17(16)23(27)29)19-15(12)14(11-6-4-10(3)5-7-11)20-21(33-19)26-25(32)34-20/h4-7,9,12-19H,8H2,1-3H3,(H,26,32)(H,30,31)/t12-,13+,14+,15+,16+,17+,18-,19-/m0/s1. The van der Waals surface area contributed by atoms with Gasteiger partial charge in [-0.05, 0) is 42.6 Å². The minimum absolute atomic E-state index is 0.00226. The van der Waals surface area contributed by atoms with E-state index >= 15 is 0 Å². The minimum Gasteiger partial charge on any atom is -0.480 e. The van der Waals surface area contributed by atoms with Crippen molar-refractivity contribution in [1.82, 2.24) is 9.88 Å². The lowest BCUT2D eigenvalue weighted by atomic mass is 9.68. The van der Waals surface area contributed by atoms with E-state index in [2.05, 4.69) is 29.2 Å². The van der Waals surface area contributed by atoms with Gasteiger partial charge in [-0.25, -0.2) is 4.79 Å². The van der Waals surface area contributed by atoms with E-state index < -0.39 is 23.8 Å². The van der Waals surface area contributed by atoms with Gasteiger partial charge < -0.3 is 10.1 Å². The Morgan fingerprint density at radius 3 is 2.35 bits per heavy atom. The first-order valence-electron chi connectivity index (χ1n) is 11.7. The molecule has 2 aliphatic heterocycles. The fraction of sp³-hybridized carbons (Fsp3) is 0.520. The van der Waals surface area contributed by atoms with Crippen LogP contribution >= 0.6 is 23.1 Å². The molecule has 1 aromatic carbocycles. The van der Waals surface area contributed by atoms with Gasteiger partial charge in [0.25, 0.3) is 0 Å².